The zero-order valence-corrected chi connectivity index (χ0v) is 16.0. The first-order chi connectivity index (χ1) is 13.6. The molecule has 142 valence electrons. The van der Waals surface area contributed by atoms with Crippen molar-refractivity contribution in [3.05, 3.63) is 77.9 Å². The van der Waals surface area contributed by atoms with E-state index >= 15 is 0 Å². The van der Waals surface area contributed by atoms with Crippen molar-refractivity contribution in [2.24, 2.45) is 0 Å². The number of nitrogens with zero attached hydrogens (tertiary/aromatic N) is 1. The third-order valence-corrected chi connectivity index (χ3v) is 5.41. The second-order valence-corrected chi connectivity index (χ2v) is 7.36. The summed E-state index contributed by atoms with van der Waals surface area (Å²) >= 11 is 0. The number of anilines is 1. The van der Waals surface area contributed by atoms with Crippen molar-refractivity contribution in [2.75, 3.05) is 18.0 Å². The first-order valence-electron chi connectivity index (χ1n) is 9.80. The average molecular weight is 372 g/mol. The van der Waals surface area contributed by atoms with Gasteiger partial charge in [-0.15, -0.1) is 0 Å². The summed E-state index contributed by atoms with van der Waals surface area (Å²) in [6.45, 7) is 3.28. The molecule has 1 N–H and O–H groups in total. The fourth-order valence-corrected chi connectivity index (χ4v) is 3.85. The van der Waals surface area contributed by atoms with Gasteiger partial charge in [0.1, 0.15) is 0 Å². The van der Waals surface area contributed by atoms with E-state index in [-0.39, 0.29) is 17.7 Å². The van der Waals surface area contributed by atoms with Crippen molar-refractivity contribution in [3.63, 3.8) is 0 Å². The Labute approximate surface area is 165 Å². The van der Waals surface area contributed by atoms with Crippen LogP contribution in [0, 0.1) is 0 Å². The zero-order valence-electron chi connectivity index (χ0n) is 16.0. The van der Waals surface area contributed by atoms with Crippen LogP contribution in [0.25, 0.3) is 10.8 Å². The highest BCUT2D eigenvalue weighted by Crippen LogP contribution is 2.37. The monoisotopic (exact) mass is 372 g/mol. The van der Waals surface area contributed by atoms with Crippen LogP contribution in [0.2, 0.25) is 0 Å². The van der Waals surface area contributed by atoms with E-state index in [9.17, 15) is 9.59 Å². The normalized spacial score (nSPS) is 13.8. The Morgan fingerprint density at radius 2 is 1.75 bits per heavy atom. The summed E-state index contributed by atoms with van der Waals surface area (Å²) in [7, 11) is 0. The Bertz CT molecular complexity index is 1010. The van der Waals surface area contributed by atoms with Gasteiger partial charge in [-0.1, -0.05) is 61.5 Å². The molecular formula is C24H24N2O2. The highest BCUT2D eigenvalue weighted by atomic mass is 16.2. The summed E-state index contributed by atoms with van der Waals surface area (Å²) in [5, 5.41) is 5.12. The molecule has 0 spiro atoms. The minimum Gasteiger partial charge on any atom is -0.356 e. The van der Waals surface area contributed by atoms with Crippen LogP contribution >= 0.6 is 0 Å². The maximum absolute atomic E-state index is 12.8. The summed E-state index contributed by atoms with van der Waals surface area (Å²) in [6.07, 6.45) is 1.05. The van der Waals surface area contributed by atoms with Gasteiger partial charge in [-0.3, -0.25) is 9.59 Å². The SMILES string of the molecule is C[C@@H](CNC(=O)CCCN1C(=O)c2cccc3cccc1c23)c1ccccc1. The minimum absolute atomic E-state index is 0.0323. The van der Waals surface area contributed by atoms with Crippen molar-refractivity contribution < 1.29 is 9.59 Å². The third-order valence-electron chi connectivity index (χ3n) is 5.41. The quantitative estimate of drug-likeness (QED) is 0.664. The lowest BCUT2D eigenvalue weighted by Gasteiger charge is -2.18. The molecule has 28 heavy (non-hydrogen) atoms. The van der Waals surface area contributed by atoms with Gasteiger partial charge in [0, 0.05) is 30.5 Å². The lowest BCUT2D eigenvalue weighted by Crippen LogP contribution is -2.31. The van der Waals surface area contributed by atoms with E-state index in [2.05, 4.69) is 24.4 Å². The third kappa shape index (κ3) is 3.50. The second-order valence-electron chi connectivity index (χ2n) is 7.36. The highest BCUT2D eigenvalue weighted by Gasteiger charge is 2.28. The predicted molar refractivity (Wildman–Crippen MR) is 113 cm³/mol. The van der Waals surface area contributed by atoms with Crippen LogP contribution in [0.1, 0.15) is 41.6 Å². The molecule has 1 aliphatic heterocycles. The van der Waals surface area contributed by atoms with Crippen LogP contribution in [-0.4, -0.2) is 24.9 Å². The Hall–Kier alpha value is -3.14. The van der Waals surface area contributed by atoms with Crippen LogP contribution in [0.15, 0.2) is 66.7 Å². The molecule has 4 heteroatoms. The summed E-state index contributed by atoms with van der Waals surface area (Å²) in [5.41, 5.74) is 2.93. The van der Waals surface area contributed by atoms with Crippen LogP contribution in [0.4, 0.5) is 5.69 Å². The minimum atomic E-state index is 0.0323. The molecule has 0 bridgehead atoms. The summed E-state index contributed by atoms with van der Waals surface area (Å²) in [6, 6.07) is 22.0. The Morgan fingerprint density at radius 1 is 1.00 bits per heavy atom. The van der Waals surface area contributed by atoms with Crippen molar-refractivity contribution in [3.8, 4) is 0 Å². The Morgan fingerprint density at radius 3 is 2.54 bits per heavy atom. The van der Waals surface area contributed by atoms with Crippen molar-refractivity contribution in [2.45, 2.75) is 25.7 Å². The second kappa shape index (κ2) is 7.85. The molecule has 4 nitrogen and oxygen atoms in total. The molecule has 0 aromatic heterocycles. The van der Waals surface area contributed by atoms with E-state index in [1.807, 2.05) is 54.6 Å². The van der Waals surface area contributed by atoms with Crippen molar-refractivity contribution in [1.29, 1.82) is 0 Å². The van der Waals surface area contributed by atoms with Gasteiger partial charge in [0.2, 0.25) is 5.91 Å². The molecule has 0 fully saturated rings. The number of nitrogens with one attached hydrogen (secondary N) is 1. The number of carbonyl (C=O) groups excluding carboxylic acids is 2. The van der Waals surface area contributed by atoms with Gasteiger partial charge in [0.05, 0.1) is 5.69 Å². The molecule has 1 aliphatic rings. The standard InChI is InChI=1S/C24H24N2O2/c1-17(18-8-3-2-4-9-18)16-25-22(27)14-7-15-26-21-13-6-11-19-10-5-12-20(23(19)21)24(26)28/h2-6,8-13,17H,7,14-16H2,1H3,(H,25,27)/t17-/m0/s1. The first-order valence-corrected chi connectivity index (χ1v) is 9.80. The van der Waals surface area contributed by atoms with Crippen molar-refractivity contribution in [1.82, 2.24) is 5.32 Å². The molecule has 1 heterocycles. The molecule has 0 aliphatic carbocycles. The number of hydrogen-bond donors (Lipinski definition) is 1. The van der Waals surface area contributed by atoms with Gasteiger partial charge >= 0.3 is 0 Å². The zero-order chi connectivity index (χ0) is 19.5. The molecule has 0 radical (unpaired) electrons. The van der Waals surface area contributed by atoms with Crippen molar-refractivity contribution >= 4 is 28.3 Å². The number of benzene rings is 3. The largest absolute Gasteiger partial charge is 0.356 e. The Balaban J connectivity index is 1.31. The molecule has 1 atom stereocenters. The van der Waals surface area contributed by atoms with Gasteiger partial charge in [-0.2, -0.15) is 0 Å². The molecule has 0 saturated heterocycles. The summed E-state index contributed by atoms with van der Waals surface area (Å²) in [5.74, 6) is 0.340. The molecule has 3 aromatic carbocycles. The van der Waals surface area contributed by atoms with Gasteiger partial charge in [0.25, 0.3) is 5.91 Å². The first kappa shape index (κ1) is 18.2. The molecule has 3 aromatic rings. The number of hydrogen-bond acceptors (Lipinski definition) is 2. The molecule has 4 rings (SSSR count). The van der Waals surface area contributed by atoms with Gasteiger partial charge in [-0.25, -0.2) is 0 Å². The van der Waals surface area contributed by atoms with Crippen LogP contribution in [-0.2, 0) is 4.79 Å². The lowest BCUT2D eigenvalue weighted by molar-refractivity contribution is -0.121. The number of carbonyl (C=O) groups is 2. The van der Waals surface area contributed by atoms with E-state index in [0.29, 0.717) is 25.9 Å². The fraction of sp³-hybridized carbons (Fsp3) is 0.250. The molecule has 2 amide bonds. The topological polar surface area (TPSA) is 49.4 Å². The summed E-state index contributed by atoms with van der Waals surface area (Å²) < 4.78 is 0. The average Bonchev–Trinajstić information content (AvgIpc) is 3.01. The van der Waals surface area contributed by atoms with Gasteiger partial charge in [-0.05, 0) is 35.4 Å². The van der Waals surface area contributed by atoms with E-state index in [4.69, 9.17) is 0 Å². The smallest absolute Gasteiger partial charge is 0.258 e. The fourth-order valence-electron chi connectivity index (χ4n) is 3.85. The van der Waals surface area contributed by atoms with Crippen LogP contribution < -0.4 is 10.2 Å². The summed E-state index contributed by atoms with van der Waals surface area (Å²) in [4.78, 5) is 26.8. The van der Waals surface area contributed by atoms with Crippen LogP contribution in [0.3, 0.4) is 0 Å². The Kier molecular flexibility index (Phi) is 5.11. The predicted octanol–water partition coefficient (Wildman–Crippen LogP) is 4.50. The molecule has 0 saturated carbocycles. The molecule has 0 unspecified atom stereocenters. The molecular weight excluding hydrogens is 348 g/mol. The van der Waals surface area contributed by atoms with E-state index in [0.717, 1.165) is 22.0 Å². The van der Waals surface area contributed by atoms with E-state index in [1.165, 1.54) is 5.56 Å². The highest BCUT2D eigenvalue weighted by molar-refractivity contribution is 6.25. The van der Waals surface area contributed by atoms with Crippen LogP contribution in [0.5, 0.6) is 0 Å². The van der Waals surface area contributed by atoms with Gasteiger partial charge in [0.15, 0.2) is 0 Å². The lowest BCUT2D eigenvalue weighted by atomic mass is 10.0. The maximum atomic E-state index is 12.8. The number of rotatable bonds is 7. The number of amides is 2. The maximum Gasteiger partial charge on any atom is 0.258 e. The van der Waals surface area contributed by atoms with E-state index in [1.54, 1.807) is 4.90 Å². The van der Waals surface area contributed by atoms with E-state index < -0.39 is 0 Å². The van der Waals surface area contributed by atoms with Gasteiger partial charge < -0.3 is 10.2 Å².